The highest BCUT2D eigenvalue weighted by molar-refractivity contribution is 7.89. The van der Waals surface area contributed by atoms with E-state index >= 15 is 0 Å². The molecule has 0 aliphatic carbocycles. The zero-order valence-electron chi connectivity index (χ0n) is 34.3. The normalized spacial score (nSPS) is 20.5. The lowest BCUT2D eigenvalue weighted by atomic mass is 9.96. The lowest BCUT2D eigenvalue weighted by Crippen LogP contribution is -2.67. The molecule has 1 aliphatic heterocycles. The van der Waals surface area contributed by atoms with Crippen LogP contribution in [0.25, 0.3) is 0 Å². The molecule has 1 aliphatic rings. The van der Waals surface area contributed by atoms with E-state index in [1.165, 1.54) is 12.1 Å². The number of carbonyl (C=O) groups is 2. The number of amides is 4. The molecule has 2 aromatic carbocycles. The molecule has 62 heavy (non-hydrogen) atoms. The molecule has 1 saturated heterocycles. The van der Waals surface area contributed by atoms with E-state index in [4.69, 9.17) is 14.2 Å². The summed E-state index contributed by atoms with van der Waals surface area (Å²) in [6.07, 6.45) is -12.5. The Morgan fingerprint density at radius 2 is 1.40 bits per heavy atom. The second kappa shape index (κ2) is 24.9. The van der Waals surface area contributed by atoms with Gasteiger partial charge in [0.25, 0.3) is 0 Å². The van der Waals surface area contributed by atoms with Crippen molar-refractivity contribution in [1.82, 2.24) is 15.4 Å². The summed E-state index contributed by atoms with van der Waals surface area (Å²) >= 11 is 0. The van der Waals surface area contributed by atoms with Gasteiger partial charge in [0.15, 0.2) is 6.29 Å². The van der Waals surface area contributed by atoms with Crippen LogP contribution in [0.5, 0.6) is 0 Å². The first-order chi connectivity index (χ1) is 29.2. The highest BCUT2D eigenvalue weighted by atomic mass is 32.2. The number of ether oxygens (including phenoxy) is 3. The Labute approximate surface area is 356 Å². The second-order valence-electron chi connectivity index (χ2n) is 14.8. The molecule has 9 N–H and O–H groups in total. The molecule has 0 saturated carbocycles. The zero-order chi connectivity index (χ0) is 46.1. The number of alkyl halides is 6. The number of hydrogen-bond donors (Lipinski definition) is 9. The van der Waals surface area contributed by atoms with Crippen LogP contribution in [0.1, 0.15) is 76.3 Å². The van der Waals surface area contributed by atoms with Crippen LogP contribution in [0, 0.1) is 0 Å². The Morgan fingerprint density at radius 3 is 1.92 bits per heavy atom. The first-order valence-electron chi connectivity index (χ1n) is 20.1. The maximum atomic E-state index is 13.6. The Balaban J connectivity index is 1.95. The third-order valence-corrected chi connectivity index (χ3v) is 11.2. The fraction of sp³-hybridized carbons (Fsp3) is 0.641. The number of hydrogen-bond acceptors (Lipinski definition) is 11. The minimum Gasteiger partial charge on any atom is -0.394 e. The van der Waals surface area contributed by atoms with Gasteiger partial charge in [-0.05, 0) is 49.7 Å². The molecule has 0 aromatic heterocycles. The van der Waals surface area contributed by atoms with Crippen LogP contribution >= 0.6 is 0 Å². The molecule has 4 amide bonds. The summed E-state index contributed by atoms with van der Waals surface area (Å²) in [6.45, 7) is 0.249. The van der Waals surface area contributed by atoms with Crippen LogP contribution in [-0.4, -0.2) is 122 Å². The standard InChI is InChI=1S/C39H57F6N5O11S/c1-3-4-5-6-7-8-9-10-17-62(57,58)50-33-30(21-51)59-23-29(49-37(56)48-28-16-12-14-26(19-28)39(43,44)45)35(33)61-32(60-31(22-52)34(54)24(2)53)20-46-36(55)47-27-15-11-13-25(18-27)38(40,41)42/h11-16,18-19,24,29-35,50-54H,3-10,17,20-23H2,1-2H3,(H2,46,47,55)(H2,48,49,56)/t24?,29?,30?,31?,32-,33-,34-,35?/m0/s1. The Kier molecular flexibility index (Phi) is 21.1. The van der Waals surface area contributed by atoms with E-state index in [-0.39, 0.29) is 23.5 Å². The molecule has 0 radical (unpaired) electrons. The molecular formula is C39H57F6N5O11S. The number of sulfonamides is 1. The average Bonchev–Trinajstić information content (AvgIpc) is 3.20. The van der Waals surface area contributed by atoms with Gasteiger partial charge >= 0.3 is 24.4 Å². The number of anilines is 2. The van der Waals surface area contributed by atoms with E-state index < -0.39 is 121 Å². The molecule has 3 rings (SSSR count). The molecule has 0 bridgehead atoms. The Hall–Kier alpha value is -3.81. The van der Waals surface area contributed by atoms with Crippen molar-refractivity contribution in [3.05, 3.63) is 59.7 Å². The van der Waals surface area contributed by atoms with Crippen molar-refractivity contribution in [3.63, 3.8) is 0 Å². The van der Waals surface area contributed by atoms with E-state index in [9.17, 15) is 64.8 Å². The maximum absolute atomic E-state index is 13.6. The molecule has 16 nitrogen and oxygen atoms in total. The Morgan fingerprint density at radius 1 is 0.855 bits per heavy atom. The van der Waals surface area contributed by atoms with Gasteiger partial charge < -0.3 is 55.9 Å². The minimum absolute atomic E-state index is 0.249. The highest BCUT2D eigenvalue weighted by Crippen LogP contribution is 2.32. The summed E-state index contributed by atoms with van der Waals surface area (Å²) in [5, 5.41) is 50.3. The van der Waals surface area contributed by atoms with E-state index in [1.54, 1.807) is 0 Å². The van der Waals surface area contributed by atoms with E-state index in [0.717, 1.165) is 69.7 Å². The van der Waals surface area contributed by atoms with Crippen LogP contribution in [0.4, 0.5) is 47.3 Å². The molecular weight excluding hydrogens is 861 g/mol. The van der Waals surface area contributed by atoms with Gasteiger partial charge in [-0.1, -0.05) is 64.0 Å². The summed E-state index contributed by atoms with van der Waals surface area (Å²) in [6, 6.07) is 2.16. The number of carbonyl (C=O) groups excluding carboxylic acids is 2. The van der Waals surface area contributed by atoms with Crippen molar-refractivity contribution in [1.29, 1.82) is 0 Å². The second-order valence-corrected chi connectivity index (χ2v) is 16.7. The van der Waals surface area contributed by atoms with Crippen molar-refractivity contribution < 1.29 is 79.0 Å². The SMILES string of the molecule is CCCCCCCCCCS(=O)(=O)N[C@H]1C(CO)OCC(NC(=O)Nc2cccc(C(F)(F)F)c2)C1O[C@@H](CNC(=O)Nc1cccc(C(F)(F)F)c1)OC(CO)[C@@H](O)C(C)O. The molecule has 1 heterocycles. The van der Waals surface area contributed by atoms with E-state index in [0.29, 0.717) is 18.6 Å². The van der Waals surface area contributed by atoms with Gasteiger partial charge in [0.05, 0.1) is 67.5 Å². The smallest absolute Gasteiger partial charge is 0.394 e. The van der Waals surface area contributed by atoms with Crippen molar-refractivity contribution in [2.75, 3.05) is 42.8 Å². The number of benzene rings is 2. The van der Waals surface area contributed by atoms with E-state index in [2.05, 4.69) is 32.9 Å². The molecule has 5 unspecified atom stereocenters. The van der Waals surface area contributed by atoms with Crippen molar-refractivity contribution in [3.8, 4) is 0 Å². The largest absolute Gasteiger partial charge is 0.416 e. The number of urea groups is 2. The molecule has 352 valence electrons. The summed E-state index contributed by atoms with van der Waals surface area (Å²) in [4.78, 5) is 26.3. The van der Waals surface area contributed by atoms with Gasteiger partial charge in [0.2, 0.25) is 10.0 Å². The zero-order valence-corrected chi connectivity index (χ0v) is 35.1. The minimum atomic E-state index is -4.75. The van der Waals surface area contributed by atoms with Crippen LogP contribution in [0.15, 0.2) is 48.5 Å². The summed E-state index contributed by atoms with van der Waals surface area (Å²) in [5.41, 5.74) is -2.69. The third-order valence-electron chi connectivity index (χ3n) is 9.74. The Bertz CT molecular complexity index is 1790. The van der Waals surface area contributed by atoms with Gasteiger partial charge in [-0.25, -0.2) is 22.7 Å². The molecule has 8 atom stereocenters. The number of nitrogens with one attached hydrogen (secondary N) is 5. The van der Waals surface area contributed by atoms with Crippen molar-refractivity contribution in [2.24, 2.45) is 0 Å². The highest BCUT2D eigenvalue weighted by Gasteiger charge is 2.45. The van der Waals surface area contributed by atoms with E-state index in [1.807, 2.05) is 0 Å². The van der Waals surface area contributed by atoms with Crippen LogP contribution in [-0.2, 0) is 36.6 Å². The first-order valence-corrected chi connectivity index (χ1v) is 21.8. The number of unbranched alkanes of at least 4 members (excludes halogenated alkanes) is 7. The van der Waals surface area contributed by atoms with Crippen LogP contribution in [0.2, 0.25) is 0 Å². The molecule has 23 heteroatoms. The summed E-state index contributed by atoms with van der Waals surface area (Å²) < 4.78 is 127. The van der Waals surface area contributed by atoms with Crippen molar-refractivity contribution in [2.45, 2.75) is 126 Å². The maximum Gasteiger partial charge on any atom is 0.416 e. The topological polar surface area (TPSA) is 237 Å². The first kappa shape index (κ1) is 52.5. The predicted molar refractivity (Wildman–Crippen MR) is 214 cm³/mol. The number of rotatable bonds is 24. The molecule has 0 spiro atoms. The fourth-order valence-electron chi connectivity index (χ4n) is 6.47. The molecule has 1 fully saturated rings. The van der Waals surface area contributed by atoms with Gasteiger partial charge in [0, 0.05) is 11.4 Å². The van der Waals surface area contributed by atoms with Crippen LogP contribution in [0.3, 0.4) is 0 Å². The third kappa shape index (κ3) is 17.8. The number of aliphatic hydroxyl groups excluding tert-OH is 4. The number of halogens is 6. The van der Waals surface area contributed by atoms with Gasteiger partial charge in [-0.15, -0.1) is 0 Å². The quantitative estimate of drug-likeness (QED) is 0.0398. The lowest BCUT2D eigenvalue weighted by Gasteiger charge is -2.44. The van der Waals surface area contributed by atoms with Gasteiger partial charge in [-0.3, -0.25) is 0 Å². The van der Waals surface area contributed by atoms with Crippen LogP contribution < -0.4 is 26.0 Å². The molecule has 2 aromatic rings. The lowest BCUT2D eigenvalue weighted by molar-refractivity contribution is -0.244. The predicted octanol–water partition coefficient (Wildman–Crippen LogP) is 4.69. The summed E-state index contributed by atoms with van der Waals surface area (Å²) in [7, 11) is -4.21. The fourth-order valence-corrected chi connectivity index (χ4v) is 7.87. The monoisotopic (exact) mass is 917 g/mol. The van der Waals surface area contributed by atoms with Crippen molar-refractivity contribution >= 4 is 33.5 Å². The average molecular weight is 918 g/mol. The van der Waals surface area contributed by atoms with Gasteiger partial charge in [-0.2, -0.15) is 26.3 Å². The number of aliphatic hydroxyl groups is 4. The van der Waals surface area contributed by atoms with Gasteiger partial charge in [0.1, 0.15) is 18.3 Å². The summed E-state index contributed by atoms with van der Waals surface area (Å²) in [5.74, 6) is -0.373.